The number of aliphatic hydroxyl groups is 1. The van der Waals surface area contributed by atoms with Gasteiger partial charge in [-0.15, -0.1) is 18.3 Å². The van der Waals surface area contributed by atoms with Gasteiger partial charge in [0.25, 0.3) is 5.91 Å². The molecule has 0 spiro atoms. The van der Waals surface area contributed by atoms with E-state index in [0.29, 0.717) is 30.6 Å². The van der Waals surface area contributed by atoms with Gasteiger partial charge >= 0.3 is 6.36 Å². The number of anilines is 1. The molecule has 2 amide bonds. The first kappa shape index (κ1) is 30.2. The van der Waals surface area contributed by atoms with Crippen LogP contribution in [0.4, 0.5) is 19.0 Å². The fourth-order valence-electron chi connectivity index (χ4n) is 2.98. The van der Waals surface area contributed by atoms with Gasteiger partial charge in [-0.3, -0.25) is 14.6 Å². The van der Waals surface area contributed by atoms with E-state index in [0.717, 1.165) is 18.6 Å². The number of hydrogen-bond donors (Lipinski definition) is 4. The predicted octanol–water partition coefficient (Wildman–Crippen LogP) is 2.15. The highest BCUT2D eigenvalue weighted by Gasteiger charge is 2.31. The van der Waals surface area contributed by atoms with Crippen molar-refractivity contribution in [2.24, 2.45) is 15.9 Å². The third kappa shape index (κ3) is 12.3. The first-order chi connectivity index (χ1) is 17.8. The number of carbonyl (C=O) groups excluding carboxylic acids is 2. The summed E-state index contributed by atoms with van der Waals surface area (Å²) in [5, 5.41) is 26.1. The predicted molar refractivity (Wildman–Crippen MR) is 135 cm³/mol. The van der Waals surface area contributed by atoms with Crippen molar-refractivity contribution in [1.29, 1.82) is 0 Å². The van der Waals surface area contributed by atoms with Crippen LogP contribution in [-0.2, 0) is 22.4 Å². The Bertz CT molecular complexity index is 1130. The minimum atomic E-state index is -4.81. The van der Waals surface area contributed by atoms with E-state index in [9.17, 15) is 27.9 Å². The molecule has 0 aliphatic heterocycles. The molecule has 1 aromatic heterocycles. The van der Waals surface area contributed by atoms with Crippen LogP contribution in [0.2, 0.25) is 0 Å². The number of rotatable bonds is 13. The molecule has 0 unspecified atom stereocenters. The van der Waals surface area contributed by atoms with E-state index in [-0.39, 0.29) is 24.5 Å². The van der Waals surface area contributed by atoms with Crippen LogP contribution in [0.25, 0.3) is 0 Å². The number of alkyl halides is 3. The summed E-state index contributed by atoms with van der Waals surface area (Å²) in [5.74, 6) is 4.03. The Kier molecular flexibility index (Phi) is 11.1. The lowest BCUT2D eigenvalue weighted by Gasteiger charge is -2.17. The highest BCUT2D eigenvalue weighted by Crippen LogP contribution is 2.23. The lowest BCUT2D eigenvalue weighted by Crippen LogP contribution is -2.42. The number of aryl methyl sites for hydroxylation is 1. The van der Waals surface area contributed by atoms with Crippen molar-refractivity contribution in [1.82, 2.24) is 15.5 Å². The highest BCUT2D eigenvalue weighted by atomic mass is 19.4. The van der Waals surface area contributed by atoms with Crippen LogP contribution in [-0.4, -0.2) is 64.1 Å². The summed E-state index contributed by atoms with van der Waals surface area (Å²) in [4.78, 5) is 28.3. The zero-order valence-electron chi connectivity index (χ0n) is 21.0. The van der Waals surface area contributed by atoms with Crippen LogP contribution >= 0.6 is 0 Å². The number of aliphatic imine (C=N–C) groups is 1. The maximum atomic E-state index is 12.4. The number of aromatic nitrogens is 2. The summed E-state index contributed by atoms with van der Waals surface area (Å²) in [6, 6.07) is 8.45. The van der Waals surface area contributed by atoms with Crippen molar-refractivity contribution in [3.05, 3.63) is 47.7 Å². The Morgan fingerprint density at radius 1 is 1.16 bits per heavy atom. The van der Waals surface area contributed by atoms with Gasteiger partial charge in [-0.25, -0.2) is 0 Å². The smallest absolute Gasteiger partial charge is 0.406 e. The highest BCUT2D eigenvalue weighted by molar-refractivity contribution is 6.60. The summed E-state index contributed by atoms with van der Waals surface area (Å²) < 4.78 is 40.9. The summed E-state index contributed by atoms with van der Waals surface area (Å²) in [7, 11) is 0. The quantitative estimate of drug-likeness (QED) is 0.132. The van der Waals surface area contributed by atoms with Gasteiger partial charge in [0.2, 0.25) is 5.91 Å². The Hall–Kier alpha value is -4.07. The minimum absolute atomic E-state index is 0.0385. The zero-order chi connectivity index (χ0) is 28.2. The molecular formula is C24H30F3N7O4. The number of ether oxygens (including phenoxy) is 1. The standard InChI is InChI=1S/C24H30F3N7O4/c1-23(2,37)15-30-22(36)19(32-28)14-29-11-4-3-7-17-9-10-20(34-33-17)31-21(35)13-16-6-5-8-18(12-16)38-24(25,26)27/h5-6,8-10,12,14,37H,3-4,7,11,13,15,28H2,1-2H3,(H,30,36)(H,31,34,35). The number of hydrogen-bond acceptors (Lipinski definition) is 9. The Morgan fingerprint density at radius 3 is 2.55 bits per heavy atom. The number of benzene rings is 1. The van der Waals surface area contributed by atoms with Gasteiger partial charge in [0.15, 0.2) is 11.5 Å². The van der Waals surface area contributed by atoms with Gasteiger partial charge in [0, 0.05) is 13.1 Å². The summed E-state index contributed by atoms with van der Waals surface area (Å²) in [6.45, 7) is 3.57. The molecule has 206 valence electrons. The largest absolute Gasteiger partial charge is 0.573 e. The molecule has 1 heterocycles. The van der Waals surface area contributed by atoms with Crippen LogP contribution in [0.1, 0.15) is 37.9 Å². The monoisotopic (exact) mass is 537 g/mol. The number of carbonyl (C=O) groups is 2. The van der Waals surface area contributed by atoms with Crippen molar-refractivity contribution >= 4 is 29.6 Å². The average Bonchev–Trinajstić information content (AvgIpc) is 2.82. The molecule has 0 bridgehead atoms. The molecular weight excluding hydrogens is 507 g/mol. The first-order valence-corrected chi connectivity index (χ1v) is 11.6. The van der Waals surface area contributed by atoms with E-state index < -0.39 is 29.5 Å². The molecule has 14 heteroatoms. The van der Waals surface area contributed by atoms with Crippen molar-refractivity contribution in [2.75, 3.05) is 18.4 Å². The topological polar surface area (TPSA) is 164 Å². The fourth-order valence-corrected chi connectivity index (χ4v) is 2.98. The van der Waals surface area contributed by atoms with E-state index in [1.165, 1.54) is 18.3 Å². The molecule has 11 nitrogen and oxygen atoms in total. The maximum absolute atomic E-state index is 12.4. The fraction of sp³-hybridized carbons (Fsp3) is 0.417. The number of amides is 2. The van der Waals surface area contributed by atoms with E-state index in [4.69, 9.17) is 5.84 Å². The molecule has 0 saturated carbocycles. The molecule has 0 fully saturated rings. The number of nitrogens with one attached hydrogen (secondary N) is 2. The molecule has 1 aromatic carbocycles. The summed E-state index contributed by atoms with van der Waals surface area (Å²) in [6.07, 6.45) is -1.68. The average molecular weight is 538 g/mol. The van der Waals surface area contributed by atoms with Gasteiger partial charge in [-0.1, -0.05) is 12.1 Å². The van der Waals surface area contributed by atoms with Gasteiger partial charge < -0.3 is 26.3 Å². The van der Waals surface area contributed by atoms with Crippen LogP contribution in [0.3, 0.4) is 0 Å². The molecule has 0 aliphatic carbocycles. The SMILES string of the molecule is CC(C)(O)CNC(=O)C(C=NCCCCc1ccc(NC(=O)Cc2cccc(OC(F)(F)F)c2)nn1)=NN. The van der Waals surface area contributed by atoms with Crippen LogP contribution in [0.15, 0.2) is 46.5 Å². The second kappa shape index (κ2) is 14.0. The summed E-state index contributed by atoms with van der Waals surface area (Å²) in [5.41, 5.74) is -0.0837. The lowest BCUT2D eigenvalue weighted by atomic mass is 10.1. The van der Waals surface area contributed by atoms with Gasteiger partial charge in [-0.05, 0) is 62.9 Å². The van der Waals surface area contributed by atoms with Crippen molar-refractivity contribution in [3.8, 4) is 5.75 Å². The van der Waals surface area contributed by atoms with Crippen molar-refractivity contribution in [3.63, 3.8) is 0 Å². The van der Waals surface area contributed by atoms with E-state index in [1.54, 1.807) is 26.0 Å². The van der Waals surface area contributed by atoms with Crippen molar-refractivity contribution in [2.45, 2.75) is 51.5 Å². The second-order valence-electron chi connectivity index (χ2n) is 8.83. The Labute approximate surface area is 217 Å². The molecule has 0 aliphatic rings. The molecule has 38 heavy (non-hydrogen) atoms. The third-order valence-corrected chi connectivity index (χ3v) is 4.72. The van der Waals surface area contributed by atoms with Gasteiger partial charge in [0.1, 0.15) is 5.75 Å². The number of nitrogens with zero attached hydrogens (tertiary/aromatic N) is 4. The van der Waals surface area contributed by atoms with Crippen LogP contribution < -0.4 is 21.2 Å². The van der Waals surface area contributed by atoms with Gasteiger partial charge in [-0.2, -0.15) is 10.2 Å². The maximum Gasteiger partial charge on any atom is 0.573 e. The van der Waals surface area contributed by atoms with E-state index in [1.807, 2.05) is 0 Å². The molecule has 0 atom stereocenters. The minimum Gasteiger partial charge on any atom is -0.406 e. The lowest BCUT2D eigenvalue weighted by molar-refractivity contribution is -0.274. The number of unbranched alkanes of at least 4 members (excludes halogenated alkanes) is 1. The molecule has 5 N–H and O–H groups in total. The first-order valence-electron chi connectivity index (χ1n) is 11.6. The molecule has 0 saturated heterocycles. The van der Waals surface area contributed by atoms with E-state index in [2.05, 4.69) is 35.7 Å². The molecule has 2 rings (SSSR count). The number of hydrazone groups is 1. The number of halogens is 3. The normalized spacial score (nSPS) is 12.4. The van der Waals surface area contributed by atoms with Crippen molar-refractivity contribution < 1.29 is 32.6 Å². The van der Waals surface area contributed by atoms with E-state index >= 15 is 0 Å². The Morgan fingerprint density at radius 2 is 1.92 bits per heavy atom. The van der Waals surface area contributed by atoms with Crippen LogP contribution in [0.5, 0.6) is 5.75 Å². The summed E-state index contributed by atoms with van der Waals surface area (Å²) >= 11 is 0. The molecule has 0 radical (unpaired) electrons. The van der Waals surface area contributed by atoms with Crippen LogP contribution in [0, 0.1) is 0 Å². The molecule has 2 aromatic rings. The van der Waals surface area contributed by atoms with Gasteiger partial charge in [0.05, 0.1) is 23.9 Å². The third-order valence-electron chi connectivity index (χ3n) is 4.72. The zero-order valence-corrected chi connectivity index (χ0v) is 21.0. The Balaban J connectivity index is 1.73. The second-order valence-corrected chi connectivity index (χ2v) is 8.83. The number of nitrogens with two attached hydrogens (primary N) is 1.